The lowest BCUT2D eigenvalue weighted by Crippen LogP contribution is -2.52. The highest BCUT2D eigenvalue weighted by molar-refractivity contribution is 5.81. The summed E-state index contributed by atoms with van der Waals surface area (Å²) >= 11 is 0. The van der Waals surface area contributed by atoms with Crippen LogP contribution in [0.1, 0.15) is 25.7 Å². The molecule has 2 fully saturated rings. The Hall–Kier alpha value is -0.610. The van der Waals surface area contributed by atoms with Crippen molar-refractivity contribution in [3.63, 3.8) is 0 Å². The van der Waals surface area contributed by atoms with Crippen LogP contribution in [0.2, 0.25) is 0 Å². The lowest BCUT2D eigenvalue weighted by atomic mass is 10.1. The number of rotatable bonds is 3. The Morgan fingerprint density at radius 2 is 2.19 bits per heavy atom. The van der Waals surface area contributed by atoms with Crippen LogP contribution in [0.3, 0.4) is 0 Å². The molecule has 1 amide bonds. The Morgan fingerprint density at radius 1 is 1.44 bits per heavy atom. The van der Waals surface area contributed by atoms with E-state index in [9.17, 15) is 4.79 Å². The van der Waals surface area contributed by atoms with E-state index in [4.69, 9.17) is 4.74 Å². The first kappa shape index (κ1) is 11.9. The molecule has 0 aromatic heterocycles. The molecule has 1 saturated heterocycles. The molecule has 16 heavy (non-hydrogen) atoms. The highest BCUT2D eigenvalue weighted by Crippen LogP contribution is 2.25. The minimum atomic E-state index is -0.125. The molecule has 0 aromatic carbocycles. The second-order valence-corrected chi connectivity index (χ2v) is 4.95. The van der Waals surface area contributed by atoms with Crippen LogP contribution in [0.5, 0.6) is 0 Å². The minimum Gasteiger partial charge on any atom is -0.378 e. The SMILES string of the molecule is CN(CC1CCCC1)C(=O)C1COCCN1. The third-order valence-electron chi connectivity index (χ3n) is 3.60. The maximum absolute atomic E-state index is 12.1. The fraction of sp³-hybridized carbons (Fsp3) is 0.917. The zero-order valence-electron chi connectivity index (χ0n) is 10.1. The average Bonchev–Trinajstić information content (AvgIpc) is 2.82. The molecule has 1 aliphatic carbocycles. The van der Waals surface area contributed by atoms with E-state index < -0.39 is 0 Å². The number of morpholine rings is 1. The van der Waals surface area contributed by atoms with Gasteiger partial charge in [0.05, 0.1) is 13.2 Å². The summed E-state index contributed by atoms with van der Waals surface area (Å²) in [4.78, 5) is 13.9. The number of carbonyl (C=O) groups excluding carboxylic acids is 1. The number of hydrogen-bond acceptors (Lipinski definition) is 3. The normalized spacial score (nSPS) is 26.9. The van der Waals surface area contributed by atoms with Gasteiger partial charge in [-0.1, -0.05) is 12.8 Å². The number of carbonyl (C=O) groups is 1. The Bertz CT molecular complexity index is 233. The number of nitrogens with zero attached hydrogens (tertiary/aromatic N) is 1. The first-order valence-corrected chi connectivity index (χ1v) is 6.33. The number of amides is 1. The maximum Gasteiger partial charge on any atom is 0.241 e. The van der Waals surface area contributed by atoms with E-state index in [1.807, 2.05) is 11.9 Å². The Labute approximate surface area is 97.3 Å². The highest BCUT2D eigenvalue weighted by Gasteiger charge is 2.26. The van der Waals surface area contributed by atoms with Gasteiger partial charge in [-0.15, -0.1) is 0 Å². The Morgan fingerprint density at radius 3 is 2.81 bits per heavy atom. The first-order valence-electron chi connectivity index (χ1n) is 6.33. The van der Waals surface area contributed by atoms with E-state index in [1.54, 1.807) is 0 Å². The van der Waals surface area contributed by atoms with Crippen molar-refractivity contribution in [3.05, 3.63) is 0 Å². The number of ether oxygens (including phenoxy) is 1. The highest BCUT2D eigenvalue weighted by atomic mass is 16.5. The van der Waals surface area contributed by atoms with Crippen LogP contribution in [-0.4, -0.2) is 50.2 Å². The van der Waals surface area contributed by atoms with E-state index in [1.165, 1.54) is 25.7 Å². The van der Waals surface area contributed by atoms with Crippen LogP contribution >= 0.6 is 0 Å². The van der Waals surface area contributed by atoms with Crippen molar-refractivity contribution in [3.8, 4) is 0 Å². The Kier molecular flexibility index (Phi) is 4.18. The van der Waals surface area contributed by atoms with Crippen LogP contribution in [0.4, 0.5) is 0 Å². The molecule has 1 atom stereocenters. The van der Waals surface area contributed by atoms with Crippen LogP contribution in [-0.2, 0) is 9.53 Å². The van der Waals surface area contributed by atoms with E-state index >= 15 is 0 Å². The standard InChI is InChI=1S/C12H22N2O2/c1-14(8-10-4-2-3-5-10)12(15)11-9-16-7-6-13-11/h10-11,13H,2-9H2,1H3. The minimum absolute atomic E-state index is 0.125. The van der Waals surface area contributed by atoms with Crippen molar-refractivity contribution in [1.82, 2.24) is 10.2 Å². The number of nitrogens with one attached hydrogen (secondary N) is 1. The molecule has 2 rings (SSSR count). The number of likely N-dealkylation sites (N-methyl/N-ethyl adjacent to an activating group) is 1. The molecule has 1 aliphatic heterocycles. The van der Waals surface area contributed by atoms with Crippen molar-refractivity contribution in [2.45, 2.75) is 31.7 Å². The molecule has 1 heterocycles. The van der Waals surface area contributed by atoms with Crippen molar-refractivity contribution >= 4 is 5.91 Å². The smallest absolute Gasteiger partial charge is 0.241 e. The second kappa shape index (κ2) is 5.64. The molecule has 1 N–H and O–H groups in total. The van der Waals surface area contributed by atoms with Gasteiger partial charge in [-0.05, 0) is 18.8 Å². The van der Waals surface area contributed by atoms with Gasteiger partial charge in [-0.2, -0.15) is 0 Å². The van der Waals surface area contributed by atoms with Gasteiger partial charge in [-0.25, -0.2) is 0 Å². The summed E-state index contributed by atoms with van der Waals surface area (Å²) in [5, 5.41) is 3.21. The summed E-state index contributed by atoms with van der Waals surface area (Å²) in [6.45, 7) is 2.94. The van der Waals surface area contributed by atoms with Gasteiger partial charge in [-0.3, -0.25) is 4.79 Å². The van der Waals surface area contributed by atoms with Crippen LogP contribution < -0.4 is 5.32 Å². The lowest BCUT2D eigenvalue weighted by Gasteiger charge is -2.29. The fourth-order valence-electron chi connectivity index (χ4n) is 2.66. The molecule has 1 unspecified atom stereocenters. The van der Waals surface area contributed by atoms with E-state index in [-0.39, 0.29) is 11.9 Å². The molecule has 2 aliphatic rings. The van der Waals surface area contributed by atoms with E-state index in [0.29, 0.717) is 6.61 Å². The first-order chi connectivity index (χ1) is 7.77. The molecule has 0 bridgehead atoms. The zero-order chi connectivity index (χ0) is 11.4. The molecular weight excluding hydrogens is 204 g/mol. The van der Waals surface area contributed by atoms with Gasteiger partial charge in [0.15, 0.2) is 0 Å². The lowest BCUT2D eigenvalue weighted by molar-refractivity contribution is -0.135. The van der Waals surface area contributed by atoms with Crippen molar-refractivity contribution < 1.29 is 9.53 Å². The average molecular weight is 226 g/mol. The topological polar surface area (TPSA) is 41.6 Å². The summed E-state index contributed by atoms with van der Waals surface area (Å²) in [5.74, 6) is 0.907. The van der Waals surface area contributed by atoms with Crippen LogP contribution in [0, 0.1) is 5.92 Å². The molecule has 92 valence electrons. The quantitative estimate of drug-likeness (QED) is 0.767. The predicted molar refractivity (Wildman–Crippen MR) is 62.2 cm³/mol. The van der Waals surface area contributed by atoms with E-state index in [0.717, 1.165) is 25.6 Å². The van der Waals surface area contributed by atoms with Gasteiger partial charge >= 0.3 is 0 Å². The second-order valence-electron chi connectivity index (χ2n) is 4.95. The molecule has 1 saturated carbocycles. The third-order valence-corrected chi connectivity index (χ3v) is 3.60. The summed E-state index contributed by atoms with van der Waals surface area (Å²) < 4.78 is 5.31. The van der Waals surface area contributed by atoms with Gasteiger partial charge < -0.3 is 15.0 Å². The van der Waals surface area contributed by atoms with Crippen molar-refractivity contribution in [1.29, 1.82) is 0 Å². The van der Waals surface area contributed by atoms with Crippen molar-refractivity contribution in [2.75, 3.05) is 33.4 Å². The maximum atomic E-state index is 12.1. The summed E-state index contributed by atoms with van der Waals surface area (Å²) in [5.41, 5.74) is 0. The predicted octanol–water partition coefficient (Wildman–Crippen LogP) is 0.623. The summed E-state index contributed by atoms with van der Waals surface area (Å²) in [7, 11) is 1.91. The molecular formula is C12H22N2O2. The third kappa shape index (κ3) is 2.95. The molecule has 4 nitrogen and oxygen atoms in total. The van der Waals surface area contributed by atoms with Gasteiger partial charge in [0, 0.05) is 20.1 Å². The summed E-state index contributed by atoms with van der Waals surface area (Å²) in [6, 6.07) is -0.125. The fourth-order valence-corrected chi connectivity index (χ4v) is 2.66. The van der Waals surface area contributed by atoms with E-state index in [2.05, 4.69) is 5.32 Å². The summed E-state index contributed by atoms with van der Waals surface area (Å²) in [6.07, 6.45) is 5.23. The van der Waals surface area contributed by atoms with Crippen LogP contribution in [0.15, 0.2) is 0 Å². The van der Waals surface area contributed by atoms with Crippen molar-refractivity contribution in [2.24, 2.45) is 5.92 Å². The molecule has 0 radical (unpaired) electrons. The van der Waals surface area contributed by atoms with Gasteiger partial charge in [0.25, 0.3) is 0 Å². The Balaban J connectivity index is 1.78. The molecule has 0 spiro atoms. The molecule has 0 aromatic rings. The van der Waals surface area contributed by atoms with Gasteiger partial charge in [0.1, 0.15) is 6.04 Å². The molecule has 4 heteroatoms. The van der Waals surface area contributed by atoms with Crippen LogP contribution in [0.25, 0.3) is 0 Å². The monoisotopic (exact) mass is 226 g/mol. The largest absolute Gasteiger partial charge is 0.378 e. The number of hydrogen-bond donors (Lipinski definition) is 1. The zero-order valence-corrected chi connectivity index (χ0v) is 10.1. The van der Waals surface area contributed by atoms with Gasteiger partial charge in [0.2, 0.25) is 5.91 Å².